The van der Waals surface area contributed by atoms with Crippen molar-refractivity contribution in [3.05, 3.63) is 67.0 Å². The van der Waals surface area contributed by atoms with Gasteiger partial charge in [0.2, 0.25) is 0 Å². The van der Waals surface area contributed by atoms with Gasteiger partial charge in [-0.15, -0.1) is 0 Å². The lowest BCUT2D eigenvalue weighted by atomic mass is 10.2. The molecule has 0 amide bonds. The van der Waals surface area contributed by atoms with E-state index in [2.05, 4.69) is 17.9 Å². The summed E-state index contributed by atoms with van der Waals surface area (Å²) >= 11 is 0. The van der Waals surface area contributed by atoms with Crippen LogP contribution in [-0.4, -0.2) is 12.6 Å². The second-order valence-electron chi connectivity index (χ2n) is 3.36. The molecule has 1 aromatic carbocycles. The average Bonchev–Trinajstić information content (AvgIpc) is 2.40. The van der Waals surface area contributed by atoms with Gasteiger partial charge in [-0.3, -0.25) is 0 Å². The standard InChI is InChI=1S/C8H8.C7H9FO2/c1-2-8-6-4-3-5-7-8;1-6(2)7(9)10-5-3-4-8/h2-7H,1H2;3-4H,1,5H2,2H3. The SMILES string of the molecule is C=C(C)C(=O)OCC=CF.C=Cc1ccccc1. The maximum absolute atomic E-state index is 11.3. The molecule has 0 saturated carbocycles. The number of rotatable bonds is 4. The first kappa shape index (κ1) is 15.8. The Morgan fingerprint density at radius 2 is 2.00 bits per heavy atom. The minimum absolute atomic E-state index is 0.0395. The summed E-state index contributed by atoms with van der Waals surface area (Å²) < 4.78 is 15.7. The highest BCUT2D eigenvalue weighted by molar-refractivity contribution is 5.86. The van der Waals surface area contributed by atoms with Crippen LogP contribution in [0.2, 0.25) is 0 Å². The number of esters is 1. The maximum atomic E-state index is 11.3. The first-order chi connectivity index (χ1) is 8.61. The van der Waals surface area contributed by atoms with E-state index in [1.54, 1.807) is 0 Å². The molecule has 96 valence electrons. The van der Waals surface area contributed by atoms with E-state index in [0.29, 0.717) is 11.9 Å². The van der Waals surface area contributed by atoms with E-state index in [4.69, 9.17) is 0 Å². The Bertz CT molecular complexity index is 408. The van der Waals surface area contributed by atoms with Crippen LogP contribution in [0.5, 0.6) is 0 Å². The molecule has 0 N–H and O–H groups in total. The summed E-state index contributed by atoms with van der Waals surface area (Å²) in [5.41, 5.74) is 1.49. The normalized spacial score (nSPS) is 9.22. The van der Waals surface area contributed by atoms with Gasteiger partial charge in [0.05, 0.1) is 6.33 Å². The van der Waals surface area contributed by atoms with E-state index in [1.165, 1.54) is 12.5 Å². The lowest BCUT2D eigenvalue weighted by Crippen LogP contribution is -2.04. The summed E-state index contributed by atoms with van der Waals surface area (Å²) in [6.07, 6.45) is 3.26. The Hall–Kier alpha value is -2.16. The molecule has 0 atom stereocenters. The Labute approximate surface area is 107 Å². The maximum Gasteiger partial charge on any atom is 0.333 e. The monoisotopic (exact) mass is 248 g/mol. The third-order valence-electron chi connectivity index (χ3n) is 1.78. The summed E-state index contributed by atoms with van der Waals surface area (Å²) in [7, 11) is 0. The molecular formula is C15H17FO2. The largest absolute Gasteiger partial charge is 0.458 e. The average molecular weight is 248 g/mol. The van der Waals surface area contributed by atoms with Crippen molar-refractivity contribution in [2.75, 3.05) is 6.61 Å². The smallest absolute Gasteiger partial charge is 0.333 e. The van der Waals surface area contributed by atoms with E-state index in [0.717, 1.165) is 6.08 Å². The van der Waals surface area contributed by atoms with Gasteiger partial charge in [-0.25, -0.2) is 9.18 Å². The lowest BCUT2D eigenvalue weighted by molar-refractivity contribution is -0.137. The molecule has 0 heterocycles. The summed E-state index contributed by atoms with van der Waals surface area (Å²) in [6.45, 7) is 8.46. The van der Waals surface area contributed by atoms with Gasteiger partial charge in [0.25, 0.3) is 0 Å². The first-order valence-electron chi connectivity index (χ1n) is 5.37. The van der Waals surface area contributed by atoms with Crippen molar-refractivity contribution in [1.82, 2.24) is 0 Å². The molecule has 2 nitrogen and oxygen atoms in total. The van der Waals surface area contributed by atoms with Crippen LogP contribution in [0.15, 0.2) is 61.5 Å². The van der Waals surface area contributed by atoms with E-state index in [-0.39, 0.29) is 6.61 Å². The van der Waals surface area contributed by atoms with Gasteiger partial charge in [-0.05, 0) is 18.6 Å². The molecule has 0 unspecified atom stereocenters. The quantitative estimate of drug-likeness (QED) is 0.596. The highest BCUT2D eigenvalue weighted by atomic mass is 19.1. The van der Waals surface area contributed by atoms with Crippen molar-refractivity contribution in [3.63, 3.8) is 0 Å². The number of carbonyl (C=O) groups excluding carboxylic acids is 1. The summed E-state index contributed by atoms with van der Waals surface area (Å²) in [4.78, 5) is 10.5. The number of halogens is 1. The number of ether oxygens (including phenoxy) is 1. The molecule has 0 saturated heterocycles. The van der Waals surface area contributed by atoms with Crippen LogP contribution >= 0.6 is 0 Å². The van der Waals surface area contributed by atoms with Gasteiger partial charge in [0.1, 0.15) is 6.61 Å². The molecule has 0 aliphatic heterocycles. The van der Waals surface area contributed by atoms with Gasteiger partial charge in [0, 0.05) is 5.57 Å². The summed E-state index contributed by atoms with van der Waals surface area (Å²) in [5, 5.41) is 0. The van der Waals surface area contributed by atoms with Gasteiger partial charge in [-0.1, -0.05) is 49.6 Å². The Kier molecular flexibility index (Phi) is 8.82. The van der Waals surface area contributed by atoms with Crippen molar-refractivity contribution in [2.45, 2.75) is 6.92 Å². The highest BCUT2D eigenvalue weighted by Crippen LogP contribution is 1.97. The van der Waals surface area contributed by atoms with Crippen LogP contribution < -0.4 is 0 Å². The van der Waals surface area contributed by atoms with Crippen LogP contribution in [0.25, 0.3) is 6.08 Å². The molecule has 0 bridgehead atoms. The van der Waals surface area contributed by atoms with Gasteiger partial charge >= 0.3 is 5.97 Å². The van der Waals surface area contributed by atoms with Crippen molar-refractivity contribution in [2.24, 2.45) is 0 Å². The van der Waals surface area contributed by atoms with E-state index < -0.39 is 5.97 Å². The molecule has 0 aliphatic rings. The lowest BCUT2D eigenvalue weighted by Gasteiger charge is -1.97. The van der Waals surface area contributed by atoms with Crippen molar-refractivity contribution in [3.8, 4) is 0 Å². The van der Waals surface area contributed by atoms with Crippen LogP contribution in [0.4, 0.5) is 4.39 Å². The van der Waals surface area contributed by atoms with Gasteiger partial charge < -0.3 is 4.74 Å². The van der Waals surface area contributed by atoms with E-state index in [1.807, 2.05) is 36.4 Å². The molecule has 1 rings (SSSR count). The highest BCUT2D eigenvalue weighted by Gasteiger charge is 1.99. The molecular weight excluding hydrogens is 231 g/mol. The molecule has 0 aromatic heterocycles. The minimum Gasteiger partial charge on any atom is -0.458 e. The fraction of sp³-hybridized carbons (Fsp3) is 0.133. The third-order valence-corrected chi connectivity index (χ3v) is 1.78. The second-order valence-corrected chi connectivity index (χ2v) is 3.36. The van der Waals surface area contributed by atoms with Crippen molar-refractivity contribution in [1.29, 1.82) is 0 Å². The zero-order valence-electron chi connectivity index (χ0n) is 10.4. The molecule has 0 spiro atoms. The number of hydrogen-bond donors (Lipinski definition) is 0. The number of carbonyl (C=O) groups is 1. The zero-order chi connectivity index (χ0) is 13.8. The first-order valence-corrected chi connectivity index (χ1v) is 5.37. The van der Waals surface area contributed by atoms with Crippen LogP contribution in [0.3, 0.4) is 0 Å². The molecule has 1 aromatic rings. The summed E-state index contributed by atoms with van der Waals surface area (Å²) in [6, 6.07) is 10.0. The van der Waals surface area contributed by atoms with E-state index in [9.17, 15) is 9.18 Å². The van der Waals surface area contributed by atoms with Crippen molar-refractivity contribution >= 4 is 12.0 Å². The second kappa shape index (κ2) is 10.0. The Morgan fingerprint density at radius 3 is 2.39 bits per heavy atom. The third kappa shape index (κ3) is 8.05. The number of hydrogen-bond acceptors (Lipinski definition) is 2. The predicted octanol–water partition coefficient (Wildman–Crippen LogP) is 3.92. The minimum atomic E-state index is -0.502. The van der Waals surface area contributed by atoms with Gasteiger partial charge in [-0.2, -0.15) is 0 Å². The summed E-state index contributed by atoms with van der Waals surface area (Å²) in [5.74, 6) is -0.502. The fourth-order valence-corrected chi connectivity index (χ4v) is 0.872. The Balaban J connectivity index is 0.000000327. The van der Waals surface area contributed by atoms with Crippen molar-refractivity contribution < 1.29 is 13.9 Å². The fourth-order valence-electron chi connectivity index (χ4n) is 0.872. The van der Waals surface area contributed by atoms with Gasteiger partial charge in [0.15, 0.2) is 0 Å². The molecule has 3 heteroatoms. The van der Waals surface area contributed by atoms with E-state index >= 15 is 0 Å². The molecule has 0 aliphatic carbocycles. The molecule has 0 fully saturated rings. The predicted molar refractivity (Wildman–Crippen MR) is 72.6 cm³/mol. The van der Waals surface area contributed by atoms with Crippen LogP contribution in [0, 0.1) is 0 Å². The topological polar surface area (TPSA) is 26.3 Å². The van der Waals surface area contributed by atoms with Crippen LogP contribution in [0.1, 0.15) is 12.5 Å². The zero-order valence-corrected chi connectivity index (χ0v) is 10.4. The van der Waals surface area contributed by atoms with Crippen LogP contribution in [-0.2, 0) is 9.53 Å². The molecule has 18 heavy (non-hydrogen) atoms. The molecule has 0 radical (unpaired) electrons. The number of benzene rings is 1. The Morgan fingerprint density at radius 1 is 1.39 bits per heavy atom.